The van der Waals surface area contributed by atoms with E-state index >= 15 is 0 Å². The fourth-order valence-corrected chi connectivity index (χ4v) is 1.39. The number of carbonyl (C=O) groups is 2. The third-order valence-electron chi connectivity index (χ3n) is 2.25. The number of carbonyl (C=O) groups excluding carboxylic acids is 2. The van der Waals surface area contributed by atoms with Crippen LogP contribution in [0.3, 0.4) is 0 Å². The second-order valence-corrected chi connectivity index (χ2v) is 4.60. The maximum atomic E-state index is 11.4. The Labute approximate surface area is 113 Å². The summed E-state index contributed by atoms with van der Waals surface area (Å²) in [5.74, 6) is -0.737. The highest BCUT2D eigenvalue weighted by molar-refractivity contribution is 5.97. The van der Waals surface area contributed by atoms with Crippen molar-refractivity contribution in [3.05, 3.63) is 35.4 Å². The molecule has 0 aliphatic heterocycles. The number of rotatable bonds is 5. The molecule has 2 N–H and O–H groups in total. The molecule has 0 saturated heterocycles. The van der Waals surface area contributed by atoms with Crippen LogP contribution in [-0.2, 0) is 9.59 Å². The van der Waals surface area contributed by atoms with Crippen LogP contribution in [0.4, 0.5) is 0 Å². The Balaban J connectivity index is 2.37. The zero-order valence-corrected chi connectivity index (χ0v) is 11.4. The van der Waals surface area contributed by atoms with Gasteiger partial charge in [0.2, 0.25) is 11.8 Å². The summed E-state index contributed by atoms with van der Waals surface area (Å²) in [5.41, 5.74) is 4.37. The summed E-state index contributed by atoms with van der Waals surface area (Å²) < 4.78 is 0. The summed E-state index contributed by atoms with van der Waals surface area (Å²) in [6.45, 7) is 5.67. The Bertz CT molecular complexity index is 464. The molecule has 0 spiro atoms. The number of hydrogen-bond donors (Lipinski definition) is 2. The van der Waals surface area contributed by atoms with E-state index in [-0.39, 0.29) is 18.4 Å². The van der Waals surface area contributed by atoms with E-state index in [4.69, 9.17) is 0 Å². The molecule has 1 aromatic carbocycles. The van der Waals surface area contributed by atoms with E-state index in [0.29, 0.717) is 0 Å². The molecule has 0 saturated carbocycles. The monoisotopic (exact) mass is 261 g/mol. The van der Waals surface area contributed by atoms with Crippen molar-refractivity contribution in [1.82, 2.24) is 10.7 Å². The molecule has 0 heterocycles. The Morgan fingerprint density at radius 2 is 1.84 bits per heavy atom. The van der Waals surface area contributed by atoms with Crippen LogP contribution in [0, 0.1) is 6.92 Å². The largest absolute Gasteiger partial charge is 0.353 e. The molecule has 5 heteroatoms. The first-order valence-electron chi connectivity index (χ1n) is 6.15. The Morgan fingerprint density at radius 3 is 2.42 bits per heavy atom. The van der Waals surface area contributed by atoms with Crippen molar-refractivity contribution in [2.24, 2.45) is 5.10 Å². The molecule has 0 fully saturated rings. The van der Waals surface area contributed by atoms with Gasteiger partial charge in [-0.3, -0.25) is 9.59 Å². The summed E-state index contributed by atoms with van der Waals surface area (Å²) in [5, 5.41) is 6.44. The van der Waals surface area contributed by atoms with Crippen LogP contribution >= 0.6 is 0 Å². The van der Waals surface area contributed by atoms with Crippen LogP contribution in [-0.4, -0.2) is 24.1 Å². The summed E-state index contributed by atoms with van der Waals surface area (Å²) >= 11 is 0. The van der Waals surface area contributed by atoms with Gasteiger partial charge in [-0.1, -0.05) is 29.8 Å². The molecule has 19 heavy (non-hydrogen) atoms. The average Bonchev–Trinajstić information content (AvgIpc) is 2.30. The number of hydrazone groups is 1. The van der Waals surface area contributed by atoms with Gasteiger partial charge in [-0.2, -0.15) is 5.10 Å². The highest BCUT2D eigenvalue weighted by Gasteiger charge is 2.08. The zero-order valence-electron chi connectivity index (χ0n) is 11.4. The molecule has 2 amide bonds. The average molecular weight is 261 g/mol. The number of aryl methyl sites for hydroxylation is 1. The number of amides is 2. The molecule has 0 aliphatic rings. The first kappa shape index (κ1) is 14.9. The molecular weight excluding hydrogens is 242 g/mol. The van der Waals surface area contributed by atoms with Crippen molar-refractivity contribution < 1.29 is 9.59 Å². The smallest absolute Gasteiger partial charge is 0.249 e. The van der Waals surface area contributed by atoms with Crippen molar-refractivity contribution in [2.75, 3.05) is 0 Å². The lowest BCUT2D eigenvalue weighted by atomic mass is 10.2. The molecule has 5 nitrogen and oxygen atoms in total. The van der Waals surface area contributed by atoms with E-state index in [1.165, 1.54) is 6.21 Å². The molecule has 0 aliphatic carbocycles. The van der Waals surface area contributed by atoms with E-state index in [0.717, 1.165) is 11.1 Å². The molecule has 1 rings (SSSR count). The highest BCUT2D eigenvalue weighted by atomic mass is 16.2. The lowest BCUT2D eigenvalue weighted by Gasteiger charge is -2.06. The Kier molecular flexibility index (Phi) is 5.73. The molecule has 102 valence electrons. The third-order valence-corrected chi connectivity index (χ3v) is 2.25. The second kappa shape index (κ2) is 7.31. The summed E-state index contributed by atoms with van der Waals surface area (Å²) in [7, 11) is 0. The number of benzene rings is 1. The van der Waals surface area contributed by atoms with E-state index in [1.807, 2.05) is 45.0 Å². The van der Waals surface area contributed by atoms with Crippen molar-refractivity contribution >= 4 is 18.0 Å². The van der Waals surface area contributed by atoms with Crippen LogP contribution in [0.15, 0.2) is 29.4 Å². The summed E-state index contributed by atoms with van der Waals surface area (Å²) in [4.78, 5) is 22.7. The van der Waals surface area contributed by atoms with Gasteiger partial charge in [0.15, 0.2) is 0 Å². The van der Waals surface area contributed by atoms with Gasteiger partial charge in [0.25, 0.3) is 0 Å². The number of nitrogens with zero attached hydrogens (tertiary/aromatic N) is 1. The van der Waals surface area contributed by atoms with Gasteiger partial charge < -0.3 is 5.32 Å². The van der Waals surface area contributed by atoms with Gasteiger partial charge in [0, 0.05) is 6.04 Å². The van der Waals surface area contributed by atoms with Crippen molar-refractivity contribution in [3.63, 3.8) is 0 Å². The molecule has 0 atom stereocenters. The highest BCUT2D eigenvalue weighted by Crippen LogP contribution is 1.99. The predicted octanol–water partition coefficient (Wildman–Crippen LogP) is 1.36. The second-order valence-electron chi connectivity index (χ2n) is 4.60. The molecule has 0 aromatic heterocycles. The molecule has 1 aromatic rings. The minimum Gasteiger partial charge on any atom is -0.353 e. The Morgan fingerprint density at radius 1 is 1.21 bits per heavy atom. The normalized spacial score (nSPS) is 10.7. The number of nitrogens with one attached hydrogen (secondary N) is 2. The van der Waals surface area contributed by atoms with E-state index in [9.17, 15) is 9.59 Å². The predicted molar refractivity (Wildman–Crippen MR) is 74.8 cm³/mol. The molecule has 0 unspecified atom stereocenters. The Hall–Kier alpha value is -2.17. The van der Waals surface area contributed by atoms with Crippen LogP contribution in [0.1, 0.15) is 31.4 Å². The van der Waals surface area contributed by atoms with Gasteiger partial charge in [-0.25, -0.2) is 5.43 Å². The van der Waals surface area contributed by atoms with Gasteiger partial charge in [0.05, 0.1) is 6.21 Å². The maximum absolute atomic E-state index is 11.4. The topological polar surface area (TPSA) is 70.6 Å². The SMILES string of the molecule is Cc1ccc(/C=N\NC(=O)CC(=O)NC(C)C)cc1. The van der Waals surface area contributed by atoms with E-state index < -0.39 is 5.91 Å². The zero-order chi connectivity index (χ0) is 14.3. The van der Waals surface area contributed by atoms with Crippen molar-refractivity contribution in [1.29, 1.82) is 0 Å². The minimum absolute atomic E-state index is 0.0244. The van der Waals surface area contributed by atoms with Crippen molar-refractivity contribution in [2.45, 2.75) is 33.2 Å². The lowest BCUT2D eigenvalue weighted by Crippen LogP contribution is -2.34. The van der Waals surface area contributed by atoms with Gasteiger partial charge in [-0.05, 0) is 26.3 Å². The van der Waals surface area contributed by atoms with Crippen molar-refractivity contribution in [3.8, 4) is 0 Å². The molecule has 0 radical (unpaired) electrons. The van der Waals surface area contributed by atoms with Crippen LogP contribution in [0.25, 0.3) is 0 Å². The van der Waals surface area contributed by atoms with Crippen LogP contribution < -0.4 is 10.7 Å². The van der Waals surface area contributed by atoms with Gasteiger partial charge in [0.1, 0.15) is 6.42 Å². The van der Waals surface area contributed by atoms with Gasteiger partial charge in [-0.15, -0.1) is 0 Å². The summed E-state index contributed by atoms with van der Waals surface area (Å²) in [6.07, 6.45) is 1.32. The quantitative estimate of drug-likeness (QED) is 0.477. The van der Waals surface area contributed by atoms with Crippen LogP contribution in [0.5, 0.6) is 0 Å². The molecular formula is C14H19N3O2. The van der Waals surface area contributed by atoms with Gasteiger partial charge >= 0.3 is 0 Å². The number of hydrogen-bond acceptors (Lipinski definition) is 3. The first-order chi connectivity index (χ1) is 8.97. The first-order valence-corrected chi connectivity index (χ1v) is 6.15. The fourth-order valence-electron chi connectivity index (χ4n) is 1.39. The minimum atomic E-state index is -0.429. The standard InChI is InChI=1S/C14H19N3O2/c1-10(2)16-13(18)8-14(19)17-15-9-12-6-4-11(3)5-7-12/h4-7,9-10H,8H2,1-3H3,(H,16,18)(H,17,19)/b15-9-. The maximum Gasteiger partial charge on any atom is 0.249 e. The van der Waals surface area contributed by atoms with E-state index in [2.05, 4.69) is 15.8 Å². The fraction of sp³-hybridized carbons (Fsp3) is 0.357. The molecule has 0 bridgehead atoms. The van der Waals surface area contributed by atoms with E-state index in [1.54, 1.807) is 0 Å². The lowest BCUT2D eigenvalue weighted by molar-refractivity contribution is -0.129. The summed E-state index contributed by atoms with van der Waals surface area (Å²) in [6, 6.07) is 7.74. The third kappa shape index (κ3) is 6.35. The van der Waals surface area contributed by atoms with Crippen LogP contribution in [0.2, 0.25) is 0 Å².